The number of fused-ring (bicyclic) bond motifs is 13. The third kappa shape index (κ3) is 4.69. The van der Waals surface area contributed by atoms with Crippen molar-refractivity contribution in [1.29, 1.82) is 0 Å². The average molecular weight is 728 g/mol. The van der Waals surface area contributed by atoms with Crippen LogP contribution in [0.1, 0.15) is 40.8 Å². The Hall–Kier alpha value is -7.23. The lowest BCUT2D eigenvalue weighted by molar-refractivity contribution is 0.794. The molecule has 1 aromatic heterocycles. The third-order valence-corrected chi connectivity index (χ3v) is 12.2. The summed E-state index contributed by atoms with van der Waals surface area (Å²) in [6.07, 6.45) is 0.812. The van der Waals surface area contributed by atoms with Crippen molar-refractivity contribution in [3.63, 3.8) is 0 Å². The van der Waals surface area contributed by atoms with Gasteiger partial charge >= 0.3 is 0 Å². The monoisotopic (exact) mass is 727 g/mol. The molecule has 0 unspecified atom stereocenters. The largest absolute Gasteiger partial charge is 0.208 e. The van der Waals surface area contributed by atoms with Gasteiger partial charge in [-0.3, -0.25) is 0 Å². The van der Waals surface area contributed by atoms with E-state index in [0.29, 0.717) is 17.5 Å². The van der Waals surface area contributed by atoms with Crippen molar-refractivity contribution in [2.75, 3.05) is 0 Å². The quantitative estimate of drug-likeness (QED) is 0.181. The molecule has 0 radical (unpaired) electrons. The first kappa shape index (κ1) is 33.1. The van der Waals surface area contributed by atoms with Crippen LogP contribution in [0, 0.1) is 0 Å². The topological polar surface area (TPSA) is 38.7 Å². The van der Waals surface area contributed by atoms with E-state index in [1.807, 2.05) is 18.2 Å². The van der Waals surface area contributed by atoms with E-state index in [1.54, 1.807) is 0 Å². The van der Waals surface area contributed by atoms with Crippen LogP contribution in [0.2, 0.25) is 0 Å². The molecule has 3 nitrogen and oxygen atoms in total. The number of hydrogen-bond acceptors (Lipinski definition) is 3. The summed E-state index contributed by atoms with van der Waals surface area (Å²) < 4.78 is 0. The minimum Gasteiger partial charge on any atom is -0.208 e. The fourth-order valence-electron chi connectivity index (χ4n) is 9.91. The molecule has 268 valence electrons. The van der Waals surface area contributed by atoms with E-state index in [9.17, 15) is 0 Å². The standard InChI is InChI=1S/C53H33N3.CH4/c1-3-15-33(16-4-1)36-22-13-23-37-38-24-14-25-43(45(38)32-44(36)37)52-55-50(34-17-5-2-6-18-34)54-51(56-52)35-29-30-42-41-21-9-12-28-48(41)53(49(42)31-35)46-26-10-7-19-39(46)40-20-8-11-27-47(40)53;/h1-31H,32H2;1H4. The lowest BCUT2D eigenvalue weighted by atomic mass is 9.70. The highest BCUT2D eigenvalue weighted by Gasteiger charge is 2.51. The van der Waals surface area contributed by atoms with Crippen molar-refractivity contribution in [3.05, 3.63) is 221 Å². The molecule has 9 aromatic rings. The van der Waals surface area contributed by atoms with Crippen LogP contribution < -0.4 is 0 Å². The number of rotatable bonds is 4. The summed E-state index contributed by atoms with van der Waals surface area (Å²) in [6.45, 7) is 0. The number of nitrogens with zero attached hydrogens (tertiary/aromatic N) is 3. The molecule has 3 aliphatic rings. The normalized spacial score (nSPS) is 13.2. The summed E-state index contributed by atoms with van der Waals surface area (Å²) >= 11 is 0. The number of aromatic nitrogens is 3. The molecule has 3 aliphatic carbocycles. The maximum atomic E-state index is 5.38. The zero-order chi connectivity index (χ0) is 36.8. The van der Waals surface area contributed by atoms with Gasteiger partial charge < -0.3 is 0 Å². The first-order chi connectivity index (χ1) is 27.8. The van der Waals surface area contributed by atoms with Gasteiger partial charge in [-0.2, -0.15) is 0 Å². The summed E-state index contributed by atoms with van der Waals surface area (Å²) in [5.74, 6) is 2.02. The second-order valence-corrected chi connectivity index (χ2v) is 15.0. The average Bonchev–Trinajstić information content (AvgIpc) is 3.91. The van der Waals surface area contributed by atoms with Crippen LogP contribution in [0.4, 0.5) is 0 Å². The minimum absolute atomic E-state index is 0. The molecule has 0 amide bonds. The third-order valence-electron chi connectivity index (χ3n) is 12.2. The highest BCUT2D eigenvalue weighted by Crippen LogP contribution is 2.63. The summed E-state index contributed by atoms with van der Waals surface area (Å²) in [7, 11) is 0. The van der Waals surface area contributed by atoms with Crippen LogP contribution in [-0.2, 0) is 11.8 Å². The maximum Gasteiger partial charge on any atom is 0.164 e. The maximum absolute atomic E-state index is 5.38. The molecule has 3 heteroatoms. The summed E-state index contributed by atoms with van der Waals surface area (Å²) in [6, 6.07) is 67.9. The summed E-state index contributed by atoms with van der Waals surface area (Å²) in [4.78, 5) is 15.9. The first-order valence-electron chi connectivity index (χ1n) is 19.3. The van der Waals surface area contributed by atoms with E-state index >= 15 is 0 Å². The molecule has 0 bridgehead atoms. The predicted octanol–water partition coefficient (Wildman–Crippen LogP) is 13.1. The van der Waals surface area contributed by atoms with E-state index in [1.165, 1.54) is 77.9 Å². The fraction of sp³-hybridized carbons (Fsp3) is 0.0556. The Morgan fingerprint density at radius 3 is 1.32 bits per heavy atom. The Morgan fingerprint density at radius 1 is 0.298 bits per heavy atom. The van der Waals surface area contributed by atoms with Gasteiger partial charge in [0.1, 0.15) is 0 Å². The van der Waals surface area contributed by atoms with Crippen molar-refractivity contribution in [2.24, 2.45) is 0 Å². The molecule has 57 heavy (non-hydrogen) atoms. The molecule has 1 heterocycles. The molecule has 12 rings (SSSR count). The van der Waals surface area contributed by atoms with Crippen molar-refractivity contribution in [3.8, 4) is 78.7 Å². The van der Waals surface area contributed by atoms with Crippen molar-refractivity contribution < 1.29 is 0 Å². The molecular weight excluding hydrogens is 691 g/mol. The number of hydrogen-bond donors (Lipinski definition) is 0. The smallest absolute Gasteiger partial charge is 0.164 e. The van der Waals surface area contributed by atoms with E-state index in [2.05, 4.69) is 170 Å². The lowest BCUT2D eigenvalue weighted by Gasteiger charge is -2.30. The molecule has 8 aromatic carbocycles. The molecule has 0 fully saturated rings. The van der Waals surface area contributed by atoms with Crippen molar-refractivity contribution in [2.45, 2.75) is 19.3 Å². The molecular formula is C54H37N3. The fourth-order valence-corrected chi connectivity index (χ4v) is 9.91. The minimum atomic E-state index is -0.449. The van der Waals surface area contributed by atoms with E-state index in [-0.39, 0.29) is 7.43 Å². The lowest BCUT2D eigenvalue weighted by Crippen LogP contribution is -2.25. The van der Waals surface area contributed by atoms with Crippen molar-refractivity contribution >= 4 is 0 Å². The zero-order valence-corrected chi connectivity index (χ0v) is 30.4. The van der Waals surface area contributed by atoms with E-state index < -0.39 is 5.41 Å². The van der Waals surface area contributed by atoms with Gasteiger partial charge in [0.2, 0.25) is 0 Å². The molecule has 0 saturated heterocycles. The molecule has 1 spiro atoms. The van der Waals surface area contributed by atoms with Gasteiger partial charge in [0, 0.05) is 23.1 Å². The van der Waals surface area contributed by atoms with E-state index in [0.717, 1.165) is 23.1 Å². The molecule has 0 aliphatic heterocycles. The molecule has 0 N–H and O–H groups in total. The van der Waals surface area contributed by atoms with Gasteiger partial charge in [0.25, 0.3) is 0 Å². The Balaban J connectivity index is 0.00000374. The summed E-state index contributed by atoms with van der Waals surface area (Å²) in [5.41, 5.74) is 20.5. The van der Waals surface area contributed by atoms with Crippen LogP contribution in [0.5, 0.6) is 0 Å². The first-order valence-corrected chi connectivity index (χ1v) is 19.3. The predicted molar refractivity (Wildman–Crippen MR) is 233 cm³/mol. The van der Waals surface area contributed by atoms with Gasteiger partial charge in [-0.05, 0) is 84.0 Å². The second-order valence-electron chi connectivity index (χ2n) is 15.0. The summed E-state index contributed by atoms with van der Waals surface area (Å²) in [5, 5.41) is 0. The van der Waals surface area contributed by atoms with Crippen LogP contribution in [0.25, 0.3) is 78.7 Å². The Morgan fingerprint density at radius 2 is 0.719 bits per heavy atom. The second kappa shape index (κ2) is 12.7. The molecule has 0 saturated carbocycles. The van der Waals surface area contributed by atoms with Crippen LogP contribution in [0.3, 0.4) is 0 Å². The van der Waals surface area contributed by atoms with Gasteiger partial charge in [0.05, 0.1) is 5.41 Å². The van der Waals surface area contributed by atoms with Crippen molar-refractivity contribution in [1.82, 2.24) is 15.0 Å². The van der Waals surface area contributed by atoms with Gasteiger partial charge in [-0.15, -0.1) is 0 Å². The van der Waals surface area contributed by atoms with Crippen LogP contribution in [-0.4, -0.2) is 15.0 Å². The zero-order valence-electron chi connectivity index (χ0n) is 30.4. The SMILES string of the molecule is C.c1ccc(-c2nc(-c3ccc4c(c3)C3(c5ccccc5-c5ccccc53)c3ccccc3-4)nc(-c3cccc4c3Cc3c(-c5ccccc5)cccc3-4)n2)cc1. The van der Waals surface area contributed by atoms with Gasteiger partial charge in [0.15, 0.2) is 17.5 Å². The highest BCUT2D eigenvalue weighted by molar-refractivity contribution is 5.96. The van der Waals surface area contributed by atoms with Gasteiger partial charge in [-0.1, -0.05) is 189 Å². The number of benzene rings is 8. The van der Waals surface area contributed by atoms with Gasteiger partial charge in [-0.25, -0.2) is 15.0 Å². The van der Waals surface area contributed by atoms with Crippen LogP contribution in [0.15, 0.2) is 188 Å². The highest BCUT2D eigenvalue weighted by atomic mass is 15.0. The Bertz CT molecular complexity index is 2990. The Labute approximate surface area is 333 Å². The van der Waals surface area contributed by atoms with Crippen LogP contribution >= 0.6 is 0 Å². The van der Waals surface area contributed by atoms with E-state index in [4.69, 9.17) is 15.0 Å². The Kier molecular flexibility index (Phi) is 7.36. The molecule has 0 atom stereocenters.